The van der Waals surface area contributed by atoms with Crippen LogP contribution in [0.15, 0.2) is 30.3 Å². The van der Waals surface area contributed by atoms with Crippen molar-refractivity contribution in [2.24, 2.45) is 0 Å². The van der Waals surface area contributed by atoms with Gasteiger partial charge in [-0.15, -0.1) is 0 Å². The third kappa shape index (κ3) is 4.26. The zero-order valence-corrected chi connectivity index (χ0v) is 12.5. The Morgan fingerprint density at radius 1 is 1.33 bits per heavy atom. The lowest BCUT2D eigenvalue weighted by atomic mass is 10.1. The quantitative estimate of drug-likeness (QED) is 0.783. The molecule has 0 N–H and O–H groups in total. The fourth-order valence-corrected chi connectivity index (χ4v) is 2.88. The first-order valence-electron chi connectivity index (χ1n) is 5.33. The van der Waals surface area contributed by atoms with Crippen LogP contribution in [0.25, 0.3) is 0 Å². The molecular formula is C12H15Cl2NO2S. The summed E-state index contributed by atoms with van der Waals surface area (Å²) >= 11 is 11.1. The van der Waals surface area contributed by atoms with Gasteiger partial charge in [-0.05, 0) is 5.56 Å². The molecule has 1 aromatic rings. The molecule has 0 spiro atoms. The monoisotopic (exact) mass is 307 g/mol. The summed E-state index contributed by atoms with van der Waals surface area (Å²) in [5.41, 5.74) is 0.929. The first kappa shape index (κ1) is 15.5. The molecule has 1 rings (SSSR count). The molecule has 2 atom stereocenters. The maximum Gasteiger partial charge on any atom is 0.255 e. The van der Waals surface area contributed by atoms with E-state index < -0.39 is 15.6 Å². The van der Waals surface area contributed by atoms with E-state index in [1.54, 1.807) is 13.3 Å². The molecule has 0 aromatic heterocycles. The second kappa shape index (κ2) is 7.12. The summed E-state index contributed by atoms with van der Waals surface area (Å²) in [7, 11) is 0.515. The number of alkyl halides is 2. The van der Waals surface area contributed by atoms with Crippen LogP contribution in [0.3, 0.4) is 0 Å². The lowest BCUT2D eigenvalue weighted by Gasteiger charge is -2.23. The Balaban J connectivity index is 2.83. The fraction of sp³-hybridized carbons (Fsp3) is 0.417. The van der Waals surface area contributed by atoms with Crippen LogP contribution in [0.1, 0.15) is 10.8 Å². The van der Waals surface area contributed by atoms with Crippen molar-refractivity contribution in [1.29, 1.82) is 0 Å². The van der Waals surface area contributed by atoms with E-state index in [2.05, 4.69) is 0 Å². The predicted octanol–water partition coefficient (Wildman–Crippen LogP) is 2.37. The number of nitrogens with zero attached hydrogens (tertiary/aromatic N) is 1. The molecular weight excluding hydrogens is 293 g/mol. The van der Waals surface area contributed by atoms with Crippen molar-refractivity contribution in [3.05, 3.63) is 35.9 Å². The van der Waals surface area contributed by atoms with Crippen LogP contribution >= 0.6 is 23.2 Å². The standard InChI is InChI=1S/C12H15Cl2NO2S/c1-15(12(16)11(13)14)8-10(18(2)17)9-6-4-3-5-7-9/h3-7,10-11H,8H2,1-2H3. The maximum atomic E-state index is 11.8. The van der Waals surface area contributed by atoms with Crippen LogP contribution in [0.2, 0.25) is 0 Å². The van der Waals surface area contributed by atoms with E-state index in [4.69, 9.17) is 23.2 Å². The van der Waals surface area contributed by atoms with E-state index in [9.17, 15) is 9.00 Å². The molecule has 0 aliphatic heterocycles. The Kier molecular flexibility index (Phi) is 6.12. The summed E-state index contributed by atoms with van der Waals surface area (Å²) < 4.78 is 11.8. The normalized spacial score (nSPS) is 14.3. The molecule has 0 radical (unpaired) electrons. The molecule has 0 aliphatic carbocycles. The maximum absolute atomic E-state index is 11.8. The molecule has 1 aromatic carbocycles. The Morgan fingerprint density at radius 2 is 1.89 bits per heavy atom. The summed E-state index contributed by atoms with van der Waals surface area (Å²) in [6.45, 7) is 0.321. The van der Waals surface area contributed by atoms with Crippen molar-refractivity contribution in [3.8, 4) is 0 Å². The average Bonchev–Trinajstić information content (AvgIpc) is 2.35. The highest BCUT2D eigenvalue weighted by Gasteiger charge is 2.23. The topological polar surface area (TPSA) is 37.4 Å². The Bertz CT molecular complexity index is 425. The van der Waals surface area contributed by atoms with Gasteiger partial charge in [-0.3, -0.25) is 9.00 Å². The van der Waals surface area contributed by atoms with Gasteiger partial charge >= 0.3 is 0 Å². The van der Waals surface area contributed by atoms with Crippen molar-refractivity contribution in [1.82, 2.24) is 4.90 Å². The van der Waals surface area contributed by atoms with Crippen LogP contribution in [-0.2, 0) is 15.6 Å². The number of hydrogen-bond donors (Lipinski definition) is 0. The van der Waals surface area contributed by atoms with Crippen LogP contribution in [0.5, 0.6) is 0 Å². The van der Waals surface area contributed by atoms with Gasteiger partial charge in [0.1, 0.15) is 0 Å². The number of amides is 1. The molecule has 0 heterocycles. The van der Waals surface area contributed by atoms with Gasteiger partial charge in [-0.2, -0.15) is 0 Å². The number of halogens is 2. The van der Waals surface area contributed by atoms with Gasteiger partial charge < -0.3 is 4.90 Å². The molecule has 0 fully saturated rings. The molecule has 3 nitrogen and oxygen atoms in total. The average molecular weight is 308 g/mol. The van der Waals surface area contributed by atoms with Crippen LogP contribution in [0, 0.1) is 0 Å². The lowest BCUT2D eigenvalue weighted by Crippen LogP contribution is -2.35. The highest BCUT2D eigenvalue weighted by Crippen LogP contribution is 2.20. The highest BCUT2D eigenvalue weighted by molar-refractivity contribution is 7.84. The van der Waals surface area contributed by atoms with Gasteiger partial charge in [0.2, 0.25) is 0 Å². The number of benzene rings is 1. The molecule has 0 bridgehead atoms. The Morgan fingerprint density at radius 3 is 2.33 bits per heavy atom. The molecule has 0 saturated heterocycles. The number of likely N-dealkylation sites (N-methyl/N-ethyl adjacent to an activating group) is 1. The first-order valence-corrected chi connectivity index (χ1v) is 7.83. The van der Waals surface area contributed by atoms with Gasteiger partial charge in [-0.25, -0.2) is 0 Å². The summed E-state index contributed by atoms with van der Waals surface area (Å²) in [6.07, 6.45) is 1.62. The lowest BCUT2D eigenvalue weighted by molar-refractivity contribution is -0.128. The summed E-state index contributed by atoms with van der Waals surface area (Å²) in [4.78, 5) is 11.9. The number of carbonyl (C=O) groups is 1. The molecule has 0 aliphatic rings. The fourth-order valence-electron chi connectivity index (χ4n) is 1.58. The molecule has 0 saturated carbocycles. The van der Waals surface area contributed by atoms with E-state index in [1.165, 1.54) is 4.90 Å². The summed E-state index contributed by atoms with van der Waals surface area (Å²) in [5.74, 6) is -0.385. The Labute approximate surface area is 120 Å². The van der Waals surface area contributed by atoms with Gasteiger partial charge in [0, 0.05) is 30.6 Å². The minimum absolute atomic E-state index is 0.243. The van der Waals surface area contributed by atoms with Crippen molar-refractivity contribution >= 4 is 39.9 Å². The van der Waals surface area contributed by atoms with Gasteiger partial charge in [0.25, 0.3) is 5.91 Å². The zero-order chi connectivity index (χ0) is 13.7. The third-order valence-electron chi connectivity index (χ3n) is 2.57. The van der Waals surface area contributed by atoms with E-state index in [1.807, 2.05) is 30.3 Å². The second-order valence-corrected chi connectivity index (χ2v) is 6.58. The Hall–Kier alpha value is -0.580. The van der Waals surface area contributed by atoms with Crippen LogP contribution < -0.4 is 0 Å². The van der Waals surface area contributed by atoms with Crippen molar-refractivity contribution in [2.75, 3.05) is 19.8 Å². The van der Waals surface area contributed by atoms with E-state index in [0.717, 1.165) is 5.56 Å². The smallest absolute Gasteiger partial charge is 0.255 e. The molecule has 2 unspecified atom stereocenters. The van der Waals surface area contributed by atoms with Gasteiger partial charge in [0.15, 0.2) is 4.84 Å². The minimum atomic E-state index is -1.09. The second-order valence-electron chi connectivity index (χ2n) is 3.92. The molecule has 6 heteroatoms. The van der Waals surface area contributed by atoms with Crippen molar-refractivity contribution in [2.45, 2.75) is 10.1 Å². The first-order chi connectivity index (χ1) is 8.43. The molecule has 100 valence electrons. The van der Waals surface area contributed by atoms with Crippen molar-refractivity contribution in [3.63, 3.8) is 0 Å². The summed E-state index contributed by atoms with van der Waals surface area (Å²) in [6, 6.07) is 9.43. The van der Waals surface area contributed by atoms with E-state index >= 15 is 0 Å². The third-order valence-corrected chi connectivity index (χ3v) is 4.17. The van der Waals surface area contributed by atoms with E-state index in [0.29, 0.717) is 6.54 Å². The van der Waals surface area contributed by atoms with Crippen LogP contribution in [0.4, 0.5) is 0 Å². The molecule has 1 amide bonds. The number of rotatable bonds is 5. The summed E-state index contributed by atoms with van der Waals surface area (Å²) in [5, 5.41) is -0.243. The van der Waals surface area contributed by atoms with Gasteiger partial charge in [-0.1, -0.05) is 53.5 Å². The number of hydrogen-bond acceptors (Lipinski definition) is 2. The molecule has 18 heavy (non-hydrogen) atoms. The predicted molar refractivity (Wildman–Crippen MR) is 76.4 cm³/mol. The minimum Gasteiger partial charge on any atom is -0.342 e. The number of carbonyl (C=O) groups excluding carboxylic acids is 1. The van der Waals surface area contributed by atoms with Gasteiger partial charge in [0.05, 0.1) is 5.25 Å². The van der Waals surface area contributed by atoms with Crippen molar-refractivity contribution < 1.29 is 9.00 Å². The SMILES string of the molecule is CN(CC(c1ccccc1)S(C)=O)C(=O)C(Cl)Cl. The highest BCUT2D eigenvalue weighted by atomic mass is 35.5. The zero-order valence-electron chi connectivity index (χ0n) is 10.2. The largest absolute Gasteiger partial charge is 0.342 e. The van der Waals surface area contributed by atoms with E-state index in [-0.39, 0.29) is 11.2 Å². The van der Waals surface area contributed by atoms with Crippen LogP contribution in [-0.4, -0.2) is 39.7 Å².